The fraction of sp³-hybridized carbons (Fsp3) is 0.611. The predicted octanol–water partition coefficient (Wildman–Crippen LogP) is 2.37. The van der Waals surface area contributed by atoms with Crippen LogP contribution in [-0.4, -0.2) is 29.9 Å². The van der Waals surface area contributed by atoms with Crippen molar-refractivity contribution < 1.29 is 4.79 Å². The third-order valence-electron chi connectivity index (χ3n) is 5.31. The van der Waals surface area contributed by atoms with E-state index in [-0.39, 0.29) is 5.92 Å². The van der Waals surface area contributed by atoms with Crippen LogP contribution in [0.15, 0.2) is 24.3 Å². The molecule has 0 aromatic heterocycles. The molecule has 0 radical (unpaired) electrons. The lowest BCUT2D eigenvalue weighted by atomic mass is 9.98. The Labute approximate surface area is 127 Å². The Bertz CT molecular complexity index is 510. The van der Waals surface area contributed by atoms with E-state index in [1.807, 2.05) is 0 Å². The Balaban J connectivity index is 1.59. The summed E-state index contributed by atoms with van der Waals surface area (Å²) in [6.07, 6.45) is 3.16. The third kappa shape index (κ3) is 2.98. The van der Waals surface area contributed by atoms with Crippen molar-refractivity contribution >= 4 is 5.91 Å². The number of fused-ring (bicyclic) bond motifs is 1. The highest BCUT2D eigenvalue weighted by Gasteiger charge is 2.42. The molecular weight excluding hydrogens is 260 g/mol. The highest BCUT2D eigenvalue weighted by molar-refractivity contribution is 5.79. The Hall–Kier alpha value is -1.35. The number of nitrogens with zero attached hydrogens (tertiary/aromatic N) is 1. The van der Waals surface area contributed by atoms with Gasteiger partial charge in [-0.15, -0.1) is 0 Å². The lowest BCUT2D eigenvalue weighted by Gasteiger charge is -2.22. The quantitative estimate of drug-likeness (QED) is 0.927. The summed E-state index contributed by atoms with van der Waals surface area (Å²) in [5, 5.41) is 0. The van der Waals surface area contributed by atoms with Crippen molar-refractivity contribution in [2.24, 2.45) is 23.5 Å². The molecule has 1 aromatic rings. The molecule has 2 N–H and O–H groups in total. The van der Waals surface area contributed by atoms with E-state index in [0.29, 0.717) is 23.8 Å². The smallest absolute Gasteiger partial charge is 0.225 e. The number of amides is 1. The number of carbonyl (C=O) groups is 1. The van der Waals surface area contributed by atoms with Crippen molar-refractivity contribution in [2.45, 2.75) is 39.2 Å². The third-order valence-corrected chi connectivity index (χ3v) is 5.31. The molecule has 1 saturated heterocycles. The van der Waals surface area contributed by atoms with Crippen molar-refractivity contribution in [3.8, 4) is 0 Å². The molecule has 0 bridgehead atoms. The van der Waals surface area contributed by atoms with Crippen molar-refractivity contribution in [1.29, 1.82) is 0 Å². The van der Waals surface area contributed by atoms with Gasteiger partial charge in [0.25, 0.3) is 0 Å². The first-order valence-electron chi connectivity index (χ1n) is 8.14. The predicted molar refractivity (Wildman–Crippen MR) is 84.8 cm³/mol. The van der Waals surface area contributed by atoms with E-state index in [1.165, 1.54) is 17.5 Å². The molecule has 21 heavy (non-hydrogen) atoms. The molecule has 3 nitrogen and oxygen atoms in total. The van der Waals surface area contributed by atoms with Crippen LogP contribution >= 0.6 is 0 Å². The first kappa shape index (κ1) is 14.6. The Morgan fingerprint density at radius 3 is 2.67 bits per heavy atom. The number of aryl methyl sites for hydroxylation is 1. The average molecular weight is 286 g/mol. The zero-order valence-corrected chi connectivity index (χ0v) is 13.1. The van der Waals surface area contributed by atoms with Gasteiger partial charge in [-0.2, -0.15) is 0 Å². The lowest BCUT2D eigenvalue weighted by Crippen LogP contribution is -2.36. The van der Waals surface area contributed by atoms with Crippen LogP contribution in [-0.2, 0) is 11.2 Å². The van der Waals surface area contributed by atoms with Crippen molar-refractivity contribution in [3.05, 3.63) is 35.4 Å². The van der Waals surface area contributed by atoms with Crippen LogP contribution in [0.4, 0.5) is 0 Å². The maximum atomic E-state index is 12.6. The highest BCUT2D eigenvalue weighted by Crippen LogP contribution is 2.37. The molecule has 1 amide bonds. The number of carbonyl (C=O) groups excluding carboxylic acids is 1. The summed E-state index contributed by atoms with van der Waals surface area (Å²) in [6.45, 7) is 5.94. The van der Waals surface area contributed by atoms with Gasteiger partial charge < -0.3 is 10.6 Å². The van der Waals surface area contributed by atoms with Crippen LogP contribution < -0.4 is 5.73 Å². The van der Waals surface area contributed by atoms with Gasteiger partial charge in [-0.3, -0.25) is 4.79 Å². The molecule has 2 fully saturated rings. The second-order valence-electron chi connectivity index (χ2n) is 7.00. The molecule has 0 spiro atoms. The van der Waals surface area contributed by atoms with E-state index in [4.69, 9.17) is 5.73 Å². The van der Waals surface area contributed by atoms with Gasteiger partial charge in [-0.1, -0.05) is 36.8 Å². The summed E-state index contributed by atoms with van der Waals surface area (Å²) in [4.78, 5) is 14.7. The van der Waals surface area contributed by atoms with E-state index >= 15 is 0 Å². The van der Waals surface area contributed by atoms with Crippen molar-refractivity contribution in [1.82, 2.24) is 4.90 Å². The minimum Gasteiger partial charge on any atom is -0.342 e. The SMILES string of the molecule is Cc1ccc(CC(C)C(=O)N2CC3CCC(N)C3C2)cc1. The number of hydrogen-bond acceptors (Lipinski definition) is 2. The van der Waals surface area contributed by atoms with E-state index < -0.39 is 0 Å². The topological polar surface area (TPSA) is 46.3 Å². The molecule has 114 valence electrons. The zero-order chi connectivity index (χ0) is 15.0. The fourth-order valence-electron chi connectivity index (χ4n) is 3.96. The second-order valence-corrected chi connectivity index (χ2v) is 7.00. The minimum absolute atomic E-state index is 0.0581. The minimum atomic E-state index is 0.0581. The molecule has 1 saturated carbocycles. The second kappa shape index (κ2) is 5.80. The van der Waals surface area contributed by atoms with Crippen molar-refractivity contribution in [3.63, 3.8) is 0 Å². The molecule has 1 aromatic carbocycles. The summed E-state index contributed by atoms with van der Waals surface area (Å²) in [7, 11) is 0. The summed E-state index contributed by atoms with van der Waals surface area (Å²) in [5.74, 6) is 1.55. The maximum Gasteiger partial charge on any atom is 0.225 e. The lowest BCUT2D eigenvalue weighted by molar-refractivity contribution is -0.134. The summed E-state index contributed by atoms with van der Waals surface area (Å²) < 4.78 is 0. The highest BCUT2D eigenvalue weighted by atomic mass is 16.2. The van der Waals surface area contributed by atoms with Crippen LogP contribution in [0.3, 0.4) is 0 Å². The Morgan fingerprint density at radius 1 is 1.29 bits per heavy atom. The molecule has 4 atom stereocenters. The molecule has 3 heteroatoms. The summed E-state index contributed by atoms with van der Waals surface area (Å²) >= 11 is 0. The van der Waals surface area contributed by atoms with Gasteiger partial charge in [0.1, 0.15) is 0 Å². The van der Waals surface area contributed by atoms with E-state index in [9.17, 15) is 4.79 Å². The molecule has 1 heterocycles. The van der Waals surface area contributed by atoms with Gasteiger partial charge in [-0.05, 0) is 43.6 Å². The number of benzene rings is 1. The van der Waals surface area contributed by atoms with Crippen LogP contribution in [0, 0.1) is 24.7 Å². The molecular formula is C18H26N2O. The monoisotopic (exact) mass is 286 g/mol. The standard InChI is InChI=1S/C18H26N2O/c1-12-3-5-14(6-4-12)9-13(2)18(21)20-10-15-7-8-17(19)16(15)11-20/h3-6,13,15-17H,7-11,19H2,1-2H3. The zero-order valence-electron chi connectivity index (χ0n) is 13.1. The maximum absolute atomic E-state index is 12.6. The van der Waals surface area contributed by atoms with Crippen LogP contribution in [0.1, 0.15) is 30.9 Å². The summed E-state index contributed by atoms with van der Waals surface area (Å²) in [6, 6.07) is 8.80. The first-order chi connectivity index (χ1) is 10.0. The average Bonchev–Trinajstić information content (AvgIpc) is 3.03. The van der Waals surface area contributed by atoms with Gasteiger partial charge in [0.05, 0.1) is 0 Å². The number of hydrogen-bond donors (Lipinski definition) is 1. The molecule has 1 aliphatic heterocycles. The van der Waals surface area contributed by atoms with Gasteiger partial charge in [0.15, 0.2) is 0 Å². The van der Waals surface area contributed by atoms with E-state index in [1.54, 1.807) is 0 Å². The van der Waals surface area contributed by atoms with Gasteiger partial charge in [0.2, 0.25) is 5.91 Å². The Kier molecular flexibility index (Phi) is 4.03. The largest absolute Gasteiger partial charge is 0.342 e. The molecule has 3 rings (SSSR count). The summed E-state index contributed by atoms with van der Waals surface area (Å²) in [5.41, 5.74) is 8.67. The normalized spacial score (nSPS) is 29.5. The number of rotatable bonds is 3. The number of nitrogens with two attached hydrogens (primary N) is 1. The molecule has 1 aliphatic carbocycles. The first-order valence-corrected chi connectivity index (χ1v) is 8.14. The van der Waals surface area contributed by atoms with Gasteiger partial charge in [-0.25, -0.2) is 0 Å². The Morgan fingerprint density at radius 2 is 2.00 bits per heavy atom. The van der Waals surface area contributed by atoms with Gasteiger partial charge in [0, 0.05) is 25.0 Å². The van der Waals surface area contributed by atoms with Crippen LogP contribution in [0.2, 0.25) is 0 Å². The molecule has 2 aliphatic rings. The van der Waals surface area contributed by atoms with Crippen molar-refractivity contribution in [2.75, 3.05) is 13.1 Å². The van der Waals surface area contributed by atoms with E-state index in [0.717, 1.165) is 25.9 Å². The number of likely N-dealkylation sites (tertiary alicyclic amines) is 1. The fourth-order valence-corrected chi connectivity index (χ4v) is 3.96. The van der Waals surface area contributed by atoms with E-state index in [2.05, 4.69) is 43.0 Å². The van der Waals surface area contributed by atoms with Crippen LogP contribution in [0.25, 0.3) is 0 Å². The van der Waals surface area contributed by atoms with Gasteiger partial charge >= 0.3 is 0 Å². The van der Waals surface area contributed by atoms with Crippen LogP contribution in [0.5, 0.6) is 0 Å². The molecule has 4 unspecified atom stereocenters.